The Labute approximate surface area is 198 Å². The van der Waals surface area contributed by atoms with Crippen molar-refractivity contribution >= 4 is 17.5 Å². The second kappa shape index (κ2) is 9.04. The summed E-state index contributed by atoms with van der Waals surface area (Å²) in [5.41, 5.74) is 2.36. The highest BCUT2D eigenvalue weighted by Crippen LogP contribution is 2.47. The zero-order chi connectivity index (χ0) is 23.8. The number of allylic oxidation sites excluding steroid dienone is 2. The van der Waals surface area contributed by atoms with Crippen molar-refractivity contribution in [2.24, 2.45) is 0 Å². The first-order valence-corrected chi connectivity index (χ1v) is 11.8. The summed E-state index contributed by atoms with van der Waals surface area (Å²) >= 11 is 0. The standard InChI is InChI=1S/C25H30N4O5/c1-32-17-12-14(13-18(33-2)22(17)34-3)19-20-15(8-7-9-16(20)30)26-23-21(19)24(31)28-25(27-23)29-10-5-4-6-11-29/h12-13,19H,4-11H2,1-3H3,(H2,26,27,28,31). The van der Waals surface area contributed by atoms with Gasteiger partial charge in [0.1, 0.15) is 5.82 Å². The van der Waals surface area contributed by atoms with E-state index in [9.17, 15) is 9.59 Å². The van der Waals surface area contributed by atoms with Crippen molar-refractivity contribution in [3.63, 3.8) is 0 Å². The summed E-state index contributed by atoms with van der Waals surface area (Å²) in [6.07, 6.45) is 5.29. The third kappa shape index (κ3) is 3.69. The van der Waals surface area contributed by atoms with Gasteiger partial charge in [-0.25, -0.2) is 0 Å². The van der Waals surface area contributed by atoms with Crippen LogP contribution in [-0.2, 0) is 4.79 Å². The van der Waals surface area contributed by atoms with Crippen LogP contribution in [0.15, 0.2) is 28.2 Å². The van der Waals surface area contributed by atoms with Gasteiger partial charge in [-0.3, -0.25) is 14.6 Å². The van der Waals surface area contributed by atoms with Crippen LogP contribution in [0.2, 0.25) is 0 Å². The fourth-order valence-corrected chi connectivity index (χ4v) is 5.31. The minimum absolute atomic E-state index is 0.0395. The molecule has 3 aliphatic rings. The summed E-state index contributed by atoms with van der Waals surface area (Å²) in [5.74, 6) is 1.94. The lowest BCUT2D eigenvalue weighted by Crippen LogP contribution is -2.36. The highest BCUT2D eigenvalue weighted by Gasteiger charge is 2.39. The molecule has 34 heavy (non-hydrogen) atoms. The lowest BCUT2D eigenvalue weighted by molar-refractivity contribution is -0.116. The second-order valence-electron chi connectivity index (χ2n) is 8.89. The number of hydrogen-bond donors (Lipinski definition) is 2. The number of fused-ring (bicyclic) bond motifs is 1. The Morgan fingerprint density at radius 3 is 2.29 bits per heavy atom. The third-order valence-corrected chi connectivity index (χ3v) is 6.92. The van der Waals surface area contributed by atoms with E-state index < -0.39 is 5.92 Å². The van der Waals surface area contributed by atoms with Gasteiger partial charge < -0.3 is 24.4 Å². The summed E-state index contributed by atoms with van der Waals surface area (Å²) < 4.78 is 16.6. The number of hydrogen-bond acceptors (Lipinski definition) is 8. The molecule has 1 unspecified atom stereocenters. The van der Waals surface area contributed by atoms with Crippen LogP contribution in [0.25, 0.3) is 0 Å². The first kappa shape index (κ1) is 22.3. The SMILES string of the molecule is COc1cc(C2C3=C(CCCC3=O)Nc3nc(N4CCCCC4)[nH]c(=O)c32)cc(OC)c1OC. The number of Topliss-reactive ketones (excluding diaryl/α,β-unsaturated/α-hetero) is 1. The molecule has 1 saturated heterocycles. The molecule has 0 bridgehead atoms. The molecule has 3 heterocycles. The summed E-state index contributed by atoms with van der Waals surface area (Å²) in [7, 11) is 4.64. The Balaban J connectivity index is 1.71. The highest BCUT2D eigenvalue weighted by atomic mass is 16.5. The van der Waals surface area contributed by atoms with Gasteiger partial charge in [0.25, 0.3) is 5.56 Å². The molecule has 180 valence electrons. The van der Waals surface area contributed by atoms with Gasteiger partial charge in [-0.2, -0.15) is 4.98 Å². The minimum Gasteiger partial charge on any atom is -0.493 e. The molecular formula is C25H30N4O5. The van der Waals surface area contributed by atoms with Crippen LogP contribution < -0.4 is 30.0 Å². The Kier molecular flexibility index (Phi) is 5.93. The number of H-pyrrole nitrogens is 1. The zero-order valence-corrected chi connectivity index (χ0v) is 19.8. The molecule has 0 saturated carbocycles. The van der Waals surface area contributed by atoms with E-state index in [1.807, 2.05) is 12.1 Å². The number of piperidine rings is 1. The fourth-order valence-electron chi connectivity index (χ4n) is 5.31. The quantitative estimate of drug-likeness (QED) is 0.691. The van der Waals surface area contributed by atoms with E-state index in [0.29, 0.717) is 46.6 Å². The van der Waals surface area contributed by atoms with Crippen LogP contribution in [-0.4, -0.2) is 50.2 Å². The molecule has 1 aliphatic carbocycles. The van der Waals surface area contributed by atoms with E-state index in [0.717, 1.165) is 50.0 Å². The topological polar surface area (TPSA) is 106 Å². The van der Waals surface area contributed by atoms with Crippen molar-refractivity contribution in [3.8, 4) is 17.2 Å². The maximum absolute atomic E-state index is 13.5. The summed E-state index contributed by atoms with van der Waals surface area (Å²) in [4.78, 5) is 36.6. The molecule has 1 fully saturated rings. The molecule has 2 N–H and O–H groups in total. The number of ketones is 1. The maximum atomic E-state index is 13.5. The molecule has 1 atom stereocenters. The largest absolute Gasteiger partial charge is 0.493 e. The number of nitrogens with one attached hydrogen (secondary N) is 2. The number of aromatic nitrogens is 2. The Hall–Kier alpha value is -3.49. The zero-order valence-electron chi connectivity index (χ0n) is 19.8. The van der Waals surface area contributed by atoms with Crippen LogP contribution in [0.5, 0.6) is 17.2 Å². The van der Waals surface area contributed by atoms with E-state index in [2.05, 4.69) is 15.2 Å². The van der Waals surface area contributed by atoms with Crippen LogP contribution in [0.3, 0.4) is 0 Å². The summed E-state index contributed by atoms with van der Waals surface area (Å²) in [6.45, 7) is 1.73. The predicted molar refractivity (Wildman–Crippen MR) is 128 cm³/mol. The van der Waals surface area contributed by atoms with Crippen molar-refractivity contribution in [1.82, 2.24) is 9.97 Å². The van der Waals surface area contributed by atoms with Gasteiger partial charge in [0, 0.05) is 36.7 Å². The molecule has 0 radical (unpaired) electrons. The normalized spacial score (nSPS) is 19.8. The van der Waals surface area contributed by atoms with Gasteiger partial charge in [-0.05, 0) is 49.8 Å². The first-order chi connectivity index (χ1) is 16.5. The number of aromatic amines is 1. The minimum atomic E-state index is -0.584. The molecule has 0 amide bonds. The fraction of sp³-hybridized carbons (Fsp3) is 0.480. The number of benzene rings is 1. The Morgan fingerprint density at radius 1 is 0.941 bits per heavy atom. The molecule has 2 aromatic rings. The number of ether oxygens (including phenoxy) is 3. The van der Waals surface area contributed by atoms with Crippen LogP contribution >= 0.6 is 0 Å². The smallest absolute Gasteiger partial charge is 0.258 e. The third-order valence-electron chi connectivity index (χ3n) is 6.92. The van der Waals surface area contributed by atoms with Crippen LogP contribution in [0, 0.1) is 0 Å². The molecule has 5 rings (SSSR count). The van der Waals surface area contributed by atoms with Gasteiger partial charge in [0.05, 0.1) is 26.9 Å². The highest BCUT2D eigenvalue weighted by molar-refractivity contribution is 6.01. The summed E-state index contributed by atoms with van der Waals surface area (Å²) in [5, 5.41) is 3.34. The van der Waals surface area contributed by atoms with Crippen molar-refractivity contribution < 1.29 is 19.0 Å². The van der Waals surface area contributed by atoms with Gasteiger partial charge in [-0.1, -0.05) is 0 Å². The van der Waals surface area contributed by atoms with Crippen molar-refractivity contribution in [3.05, 3.63) is 44.9 Å². The van der Waals surface area contributed by atoms with Gasteiger partial charge >= 0.3 is 0 Å². The molecule has 1 aromatic carbocycles. The Morgan fingerprint density at radius 2 is 1.65 bits per heavy atom. The van der Waals surface area contributed by atoms with Gasteiger partial charge in [0.2, 0.25) is 11.7 Å². The molecule has 1 aromatic heterocycles. The van der Waals surface area contributed by atoms with Crippen molar-refractivity contribution in [1.29, 1.82) is 0 Å². The number of carbonyl (C=O) groups excluding carboxylic acids is 1. The van der Waals surface area contributed by atoms with Crippen LogP contribution in [0.4, 0.5) is 11.8 Å². The lowest BCUT2D eigenvalue weighted by atomic mass is 9.76. The van der Waals surface area contributed by atoms with Crippen molar-refractivity contribution in [2.75, 3.05) is 44.6 Å². The first-order valence-electron chi connectivity index (χ1n) is 11.8. The lowest BCUT2D eigenvalue weighted by Gasteiger charge is -2.34. The summed E-state index contributed by atoms with van der Waals surface area (Å²) in [6, 6.07) is 3.62. The van der Waals surface area contributed by atoms with E-state index >= 15 is 0 Å². The number of rotatable bonds is 5. The van der Waals surface area contributed by atoms with Gasteiger partial charge in [-0.15, -0.1) is 0 Å². The number of nitrogens with zero attached hydrogens (tertiary/aromatic N) is 2. The van der Waals surface area contributed by atoms with E-state index in [4.69, 9.17) is 19.2 Å². The molecule has 9 heteroatoms. The number of methoxy groups -OCH3 is 3. The van der Waals surface area contributed by atoms with E-state index in [1.165, 1.54) is 6.42 Å². The van der Waals surface area contributed by atoms with Crippen LogP contribution in [0.1, 0.15) is 55.6 Å². The molecule has 0 spiro atoms. The second-order valence-corrected chi connectivity index (χ2v) is 8.89. The molecule has 2 aliphatic heterocycles. The maximum Gasteiger partial charge on any atom is 0.258 e. The number of carbonyl (C=O) groups is 1. The molecular weight excluding hydrogens is 436 g/mol. The predicted octanol–water partition coefficient (Wildman–Crippen LogP) is 3.35. The number of anilines is 2. The van der Waals surface area contributed by atoms with E-state index in [1.54, 1.807) is 21.3 Å². The molecule has 9 nitrogen and oxygen atoms in total. The average Bonchev–Trinajstić information content (AvgIpc) is 2.87. The van der Waals surface area contributed by atoms with Gasteiger partial charge in [0.15, 0.2) is 17.3 Å². The van der Waals surface area contributed by atoms with Crippen molar-refractivity contribution in [2.45, 2.75) is 44.4 Å². The monoisotopic (exact) mass is 466 g/mol. The Bertz CT molecular complexity index is 1190. The average molecular weight is 467 g/mol. The van der Waals surface area contributed by atoms with E-state index in [-0.39, 0.29) is 11.3 Å².